The topological polar surface area (TPSA) is 76.6 Å². The van der Waals surface area contributed by atoms with Gasteiger partial charge in [0.2, 0.25) is 0 Å². The highest BCUT2D eigenvalue weighted by Gasteiger charge is 2.20. The fourth-order valence-corrected chi connectivity index (χ4v) is 5.30. The molecule has 1 aromatic heterocycles. The Morgan fingerprint density at radius 3 is 2.48 bits per heavy atom. The number of anilines is 1. The first-order chi connectivity index (χ1) is 16.2. The van der Waals surface area contributed by atoms with Crippen molar-refractivity contribution in [3.63, 3.8) is 0 Å². The first-order valence-corrected chi connectivity index (χ1v) is 12.1. The molecule has 8 heteroatoms. The summed E-state index contributed by atoms with van der Waals surface area (Å²) in [6.45, 7) is 2.19. The summed E-state index contributed by atoms with van der Waals surface area (Å²) in [7, 11) is 1.84. The number of aromatic nitrogens is 2. The molecule has 0 amide bonds. The predicted molar refractivity (Wildman–Crippen MR) is 133 cm³/mol. The summed E-state index contributed by atoms with van der Waals surface area (Å²) in [6, 6.07) is 17.6. The van der Waals surface area contributed by atoms with Crippen LogP contribution in [0.5, 0.6) is 11.5 Å². The van der Waals surface area contributed by atoms with Gasteiger partial charge in [0, 0.05) is 26.0 Å². The molecule has 5 rings (SSSR count). The average molecular weight is 465 g/mol. The second-order valence-electron chi connectivity index (χ2n) is 7.95. The molecule has 2 heterocycles. The van der Waals surface area contributed by atoms with Crippen molar-refractivity contribution >= 4 is 38.5 Å². The highest BCUT2D eigenvalue weighted by Crippen LogP contribution is 2.36. The number of methoxy groups -OCH3 is 2. The number of ether oxygens (including phenoxy) is 2. The molecule has 3 aromatic carbocycles. The second-order valence-corrected chi connectivity index (χ2v) is 9.22. The molecule has 1 N–H and O–H groups in total. The van der Waals surface area contributed by atoms with Crippen LogP contribution in [-0.2, 0) is 17.5 Å². The van der Waals surface area contributed by atoms with Crippen molar-refractivity contribution in [3.05, 3.63) is 60.4 Å². The van der Waals surface area contributed by atoms with Crippen molar-refractivity contribution in [2.75, 3.05) is 32.2 Å². The second kappa shape index (κ2) is 9.33. The Morgan fingerprint density at radius 2 is 1.70 bits per heavy atom. The van der Waals surface area contributed by atoms with Gasteiger partial charge in [-0.1, -0.05) is 36.4 Å². The molecule has 7 nitrogen and oxygen atoms in total. The Balaban J connectivity index is 0.00000274. The van der Waals surface area contributed by atoms with E-state index in [2.05, 4.69) is 9.62 Å². The van der Waals surface area contributed by atoms with Crippen LogP contribution in [0.4, 0.5) is 5.82 Å². The maximum absolute atomic E-state index is 13.1. The Morgan fingerprint density at radius 1 is 0.970 bits per heavy atom. The van der Waals surface area contributed by atoms with Crippen LogP contribution in [0.15, 0.2) is 59.5 Å². The molecule has 1 atom stereocenters. The van der Waals surface area contributed by atoms with Gasteiger partial charge in [-0.3, -0.25) is 0 Å². The molecule has 1 aliphatic heterocycles. The molecule has 0 aliphatic carbocycles. The molecule has 172 valence electrons. The molecule has 1 aliphatic rings. The van der Waals surface area contributed by atoms with Gasteiger partial charge < -0.3 is 14.4 Å². The fraction of sp³-hybridized carbons (Fsp3) is 0.280. The summed E-state index contributed by atoms with van der Waals surface area (Å²) in [4.78, 5) is 12.6. The summed E-state index contributed by atoms with van der Waals surface area (Å²) in [5.74, 6) is 2.74. The zero-order chi connectivity index (χ0) is 22.8. The highest BCUT2D eigenvalue weighted by atomic mass is 32.2. The lowest BCUT2D eigenvalue weighted by molar-refractivity contribution is 0.355. The molecule has 0 saturated carbocycles. The summed E-state index contributed by atoms with van der Waals surface area (Å²) < 4.78 is 27.2. The van der Waals surface area contributed by atoms with E-state index in [1.807, 2.05) is 54.6 Å². The molecule has 0 radical (unpaired) electrons. The highest BCUT2D eigenvalue weighted by molar-refractivity contribution is 7.83. The van der Waals surface area contributed by atoms with E-state index in [0.29, 0.717) is 17.3 Å². The molecular weight excluding hydrogens is 436 g/mol. The van der Waals surface area contributed by atoms with Crippen LogP contribution in [0, 0.1) is 0 Å². The third kappa shape index (κ3) is 4.24. The summed E-state index contributed by atoms with van der Waals surface area (Å²) in [5, 5.41) is 2.96. The van der Waals surface area contributed by atoms with Crippen molar-refractivity contribution < 1.29 is 15.1 Å². The zero-order valence-electron chi connectivity index (χ0n) is 18.7. The van der Waals surface area contributed by atoms with Gasteiger partial charge in [0.1, 0.15) is 22.6 Å². The van der Waals surface area contributed by atoms with Crippen molar-refractivity contribution in [1.29, 1.82) is 0 Å². The van der Waals surface area contributed by atoms with Crippen LogP contribution in [0.25, 0.3) is 21.7 Å². The third-order valence-electron chi connectivity index (χ3n) is 5.94. The standard InChI is InChI=1S/C25H26N4O3S.H2/c1-31-21-14-19-20(15-22(21)32-2)27-24(28-25(19)29-12-5-6-13-29)16-26-33(30)23-11-7-9-17-8-3-4-10-18(17)23;/h3-4,7-11,14-15,26H,5-6,12-13,16H2,1-2H3;1H. The molecule has 1 fully saturated rings. The van der Waals surface area contributed by atoms with E-state index in [4.69, 9.17) is 19.4 Å². The molecule has 1 saturated heterocycles. The molecule has 0 spiro atoms. The van der Waals surface area contributed by atoms with Gasteiger partial charge in [0.25, 0.3) is 0 Å². The fourth-order valence-electron chi connectivity index (χ4n) is 4.30. The van der Waals surface area contributed by atoms with Crippen LogP contribution >= 0.6 is 0 Å². The SMILES string of the molecule is COc1cc2nc(CNS(=O)c3cccc4ccccc34)nc(N3CCCC3)c2cc1OC.[HH]. The van der Waals surface area contributed by atoms with Gasteiger partial charge in [-0.05, 0) is 35.7 Å². The first-order valence-electron chi connectivity index (χ1n) is 11.0. The summed E-state index contributed by atoms with van der Waals surface area (Å²) in [6.07, 6.45) is 2.27. The van der Waals surface area contributed by atoms with Crippen LogP contribution < -0.4 is 19.1 Å². The summed E-state index contributed by atoms with van der Waals surface area (Å²) >= 11 is 0. The number of nitrogens with zero attached hydrogens (tertiary/aromatic N) is 3. The Bertz CT molecular complexity index is 1340. The minimum atomic E-state index is -1.40. The van der Waals surface area contributed by atoms with E-state index in [-0.39, 0.29) is 7.97 Å². The van der Waals surface area contributed by atoms with E-state index in [9.17, 15) is 4.21 Å². The van der Waals surface area contributed by atoms with Crippen LogP contribution in [-0.4, -0.2) is 41.5 Å². The smallest absolute Gasteiger partial charge is 0.162 e. The van der Waals surface area contributed by atoms with Crippen LogP contribution in [0.2, 0.25) is 0 Å². The number of rotatable bonds is 7. The minimum absolute atomic E-state index is 0. The van der Waals surface area contributed by atoms with Gasteiger partial charge >= 0.3 is 0 Å². The molecule has 33 heavy (non-hydrogen) atoms. The molecule has 4 aromatic rings. The maximum Gasteiger partial charge on any atom is 0.162 e. The molecular formula is C25H28N4O3S. The third-order valence-corrected chi connectivity index (χ3v) is 7.11. The lowest BCUT2D eigenvalue weighted by Crippen LogP contribution is -2.23. The monoisotopic (exact) mass is 464 g/mol. The lowest BCUT2D eigenvalue weighted by atomic mass is 10.1. The first kappa shape index (κ1) is 21.6. The van der Waals surface area contributed by atoms with E-state index in [1.54, 1.807) is 14.2 Å². The van der Waals surface area contributed by atoms with E-state index < -0.39 is 11.0 Å². The van der Waals surface area contributed by atoms with Gasteiger partial charge in [-0.15, -0.1) is 0 Å². The molecule has 0 bridgehead atoms. The number of benzene rings is 3. The van der Waals surface area contributed by atoms with Gasteiger partial charge in [0.15, 0.2) is 11.5 Å². The van der Waals surface area contributed by atoms with E-state index >= 15 is 0 Å². The predicted octanol–water partition coefficient (Wildman–Crippen LogP) is 4.46. The van der Waals surface area contributed by atoms with E-state index in [1.165, 1.54) is 0 Å². The van der Waals surface area contributed by atoms with Gasteiger partial charge in [0.05, 0.1) is 31.2 Å². The Labute approximate surface area is 196 Å². The van der Waals surface area contributed by atoms with E-state index in [0.717, 1.165) is 58.3 Å². The number of fused-ring (bicyclic) bond motifs is 2. The zero-order valence-corrected chi connectivity index (χ0v) is 19.5. The van der Waals surface area contributed by atoms with Gasteiger partial charge in [-0.2, -0.15) is 0 Å². The summed E-state index contributed by atoms with van der Waals surface area (Å²) in [5.41, 5.74) is 0.775. The Kier molecular flexibility index (Phi) is 6.11. The Hall–Kier alpha value is -3.23. The lowest BCUT2D eigenvalue weighted by Gasteiger charge is -2.20. The quantitative estimate of drug-likeness (QED) is 0.435. The largest absolute Gasteiger partial charge is 0.493 e. The molecule has 1 unspecified atom stereocenters. The average Bonchev–Trinajstić information content (AvgIpc) is 3.40. The van der Waals surface area contributed by atoms with Crippen molar-refractivity contribution in [2.24, 2.45) is 0 Å². The number of hydrogen-bond acceptors (Lipinski definition) is 6. The van der Waals surface area contributed by atoms with Crippen molar-refractivity contribution in [2.45, 2.75) is 24.3 Å². The van der Waals surface area contributed by atoms with Gasteiger partial charge in [-0.25, -0.2) is 18.9 Å². The van der Waals surface area contributed by atoms with Crippen LogP contribution in [0.1, 0.15) is 20.1 Å². The minimum Gasteiger partial charge on any atom is -0.493 e. The number of hydrogen-bond donors (Lipinski definition) is 1. The normalized spacial score (nSPS) is 14.7. The number of nitrogens with one attached hydrogen (secondary N) is 1. The van der Waals surface area contributed by atoms with Crippen molar-refractivity contribution in [1.82, 2.24) is 14.7 Å². The maximum atomic E-state index is 13.1. The van der Waals surface area contributed by atoms with Crippen molar-refractivity contribution in [3.8, 4) is 11.5 Å². The van der Waals surface area contributed by atoms with Crippen LogP contribution in [0.3, 0.4) is 0 Å².